The smallest absolute Gasteiger partial charge is 0.252 e. The van der Waals surface area contributed by atoms with Gasteiger partial charge in [-0.1, -0.05) is 0 Å². The fourth-order valence-corrected chi connectivity index (χ4v) is 1.85. The maximum atomic E-state index is 11.7. The summed E-state index contributed by atoms with van der Waals surface area (Å²) < 4.78 is 4.86. The molecule has 0 aliphatic heterocycles. The third-order valence-electron chi connectivity index (χ3n) is 3.11. The van der Waals surface area contributed by atoms with Gasteiger partial charge in [-0.3, -0.25) is 9.59 Å². The van der Waals surface area contributed by atoms with Crippen molar-refractivity contribution in [2.45, 2.75) is 18.8 Å². The predicted molar refractivity (Wildman–Crippen MR) is 75.0 cm³/mol. The zero-order valence-electron chi connectivity index (χ0n) is 11.8. The minimum atomic E-state index is -0.177. The van der Waals surface area contributed by atoms with Crippen LogP contribution in [-0.2, 0) is 9.53 Å². The number of carbonyl (C=O) groups excluding carboxylic acids is 1. The highest BCUT2D eigenvalue weighted by atomic mass is 16.5. The van der Waals surface area contributed by atoms with Crippen LogP contribution >= 0.6 is 0 Å². The molecule has 20 heavy (non-hydrogen) atoms. The van der Waals surface area contributed by atoms with Crippen molar-refractivity contribution >= 4 is 11.7 Å². The van der Waals surface area contributed by atoms with Crippen LogP contribution < -0.4 is 15.8 Å². The fourth-order valence-electron chi connectivity index (χ4n) is 1.85. The van der Waals surface area contributed by atoms with Crippen molar-refractivity contribution < 1.29 is 9.53 Å². The van der Waals surface area contributed by atoms with E-state index in [4.69, 9.17) is 4.74 Å². The third-order valence-corrected chi connectivity index (χ3v) is 3.11. The van der Waals surface area contributed by atoms with E-state index in [9.17, 15) is 9.59 Å². The molecule has 110 valence electrons. The summed E-state index contributed by atoms with van der Waals surface area (Å²) in [7, 11) is 3.33. The molecule has 2 rings (SSSR count). The largest absolute Gasteiger partial charge is 0.383 e. The molecule has 1 aromatic heterocycles. The van der Waals surface area contributed by atoms with Crippen molar-refractivity contribution in [1.29, 1.82) is 0 Å². The number of carbonyl (C=O) groups is 1. The van der Waals surface area contributed by atoms with E-state index in [1.54, 1.807) is 19.1 Å². The summed E-state index contributed by atoms with van der Waals surface area (Å²) in [5, 5.41) is 2.73. The van der Waals surface area contributed by atoms with E-state index in [1.807, 2.05) is 0 Å². The summed E-state index contributed by atoms with van der Waals surface area (Å²) in [6.45, 7) is 1.11. The quantitative estimate of drug-likeness (QED) is 0.678. The minimum absolute atomic E-state index is 0.125. The molecule has 1 heterocycles. The van der Waals surface area contributed by atoms with Gasteiger partial charge in [0, 0.05) is 32.7 Å². The molecule has 0 atom stereocenters. The Balaban J connectivity index is 1.96. The highest BCUT2D eigenvalue weighted by Crippen LogP contribution is 2.37. The number of likely N-dealkylation sites (N-methyl/N-ethyl adjacent to an activating group) is 1. The fraction of sp³-hybridized carbons (Fsp3) is 0.615. The Hall–Kier alpha value is -1.89. The zero-order chi connectivity index (χ0) is 14.5. The summed E-state index contributed by atoms with van der Waals surface area (Å²) in [5.74, 6) is 1.49. The summed E-state index contributed by atoms with van der Waals surface area (Å²) >= 11 is 0. The molecule has 7 nitrogen and oxygen atoms in total. The molecule has 1 aromatic rings. The van der Waals surface area contributed by atoms with Crippen LogP contribution in [0.4, 0.5) is 5.82 Å². The second-order valence-corrected chi connectivity index (χ2v) is 4.96. The summed E-state index contributed by atoms with van der Waals surface area (Å²) in [5.41, 5.74) is -0.177. The number of nitrogens with zero attached hydrogens (tertiary/aromatic N) is 2. The van der Waals surface area contributed by atoms with Gasteiger partial charge in [0.05, 0.1) is 13.2 Å². The number of anilines is 1. The zero-order valence-corrected chi connectivity index (χ0v) is 11.8. The van der Waals surface area contributed by atoms with Crippen molar-refractivity contribution in [3.63, 3.8) is 0 Å². The highest BCUT2D eigenvalue weighted by Gasteiger charge is 2.26. The molecule has 0 unspecified atom stereocenters. The number of nitrogens with one attached hydrogen (secondary N) is 2. The Morgan fingerprint density at radius 2 is 2.35 bits per heavy atom. The van der Waals surface area contributed by atoms with Gasteiger partial charge in [-0.15, -0.1) is 0 Å². The standard InChI is InChI=1S/C13H20N4O3/c1-17(8-12(19)14-5-6-20-2)10-7-11(18)16-13(15-10)9-3-4-9/h7,9H,3-6,8H2,1-2H3,(H,14,19)(H,15,16,18). The van der Waals surface area contributed by atoms with Crippen LogP contribution in [0.15, 0.2) is 10.9 Å². The maximum Gasteiger partial charge on any atom is 0.252 e. The molecule has 0 spiro atoms. The van der Waals surface area contributed by atoms with Gasteiger partial charge < -0.3 is 19.9 Å². The Morgan fingerprint density at radius 3 is 3.00 bits per heavy atom. The van der Waals surface area contributed by atoms with Crippen LogP contribution in [0.5, 0.6) is 0 Å². The van der Waals surface area contributed by atoms with Crippen molar-refractivity contribution in [3.05, 3.63) is 22.2 Å². The normalized spacial score (nSPS) is 14.1. The van der Waals surface area contributed by atoms with Crippen molar-refractivity contribution in [3.8, 4) is 0 Å². The minimum Gasteiger partial charge on any atom is -0.383 e. The molecule has 1 aliphatic carbocycles. The molecule has 2 N–H and O–H groups in total. The molecule has 1 fully saturated rings. The number of amides is 1. The lowest BCUT2D eigenvalue weighted by Crippen LogP contribution is -2.37. The first kappa shape index (κ1) is 14.5. The van der Waals surface area contributed by atoms with E-state index in [1.165, 1.54) is 6.07 Å². The Labute approximate surface area is 117 Å². The van der Waals surface area contributed by atoms with E-state index in [0.29, 0.717) is 24.9 Å². The average molecular weight is 280 g/mol. The van der Waals surface area contributed by atoms with Crippen LogP contribution in [0.3, 0.4) is 0 Å². The molecule has 7 heteroatoms. The van der Waals surface area contributed by atoms with Gasteiger partial charge in [0.2, 0.25) is 5.91 Å². The lowest BCUT2D eigenvalue weighted by Gasteiger charge is -2.18. The number of hydrogen-bond donors (Lipinski definition) is 2. The molecule has 0 radical (unpaired) electrons. The summed E-state index contributed by atoms with van der Waals surface area (Å²) in [6, 6.07) is 1.41. The second-order valence-electron chi connectivity index (χ2n) is 4.96. The molecular formula is C13H20N4O3. The molecule has 1 aliphatic rings. The molecule has 1 saturated carbocycles. The van der Waals surface area contributed by atoms with Gasteiger partial charge in [-0.25, -0.2) is 4.98 Å². The lowest BCUT2D eigenvalue weighted by atomic mass is 10.3. The van der Waals surface area contributed by atoms with Crippen LogP contribution in [0, 0.1) is 0 Å². The number of H-pyrrole nitrogens is 1. The van der Waals surface area contributed by atoms with E-state index >= 15 is 0 Å². The highest BCUT2D eigenvalue weighted by molar-refractivity contribution is 5.80. The monoisotopic (exact) mass is 280 g/mol. The van der Waals surface area contributed by atoms with Gasteiger partial charge in [0.15, 0.2) is 0 Å². The molecule has 0 aromatic carbocycles. The Kier molecular flexibility index (Phi) is 4.73. The maximum absolute atomic E-state index is 11.7. The second kappa shape index (κ2) is 6.51. The van der Waals surface area contributed by atoms with Gasteiger partial charge in [-0.2, -0.15) is 0 Å². The molecular weight excluding hydrogens is 260 g/mol. The van der Waals surface area contributed by atoms with Gasteiger partial charge in [0.25, 0.3) is 5.56 Å². The first-order valence-electron chi connectivity index (χ1n) is 6.68. The topological polar surface area (TPSA) is 87.3 Å². The Bertz CT molecular complexity index is 525. The van der Waals surface area contributed by atoms with E-state index in [0.717, 1.165) is 18.7 Å². The van der Waals surface area contributed by atoms with Crippen LogP contribution in [0.25, 0.3) is 0 Å². The number of hydrogen-bond acceptors (Lipinski definition) is 5. The first-order valence-corrected chi connectivity index (χ1v) is 6.68. The number of rotatable bonds is 7. The summed E-state index contributed by atoms with van der Waals surface area (Å²) in [4.78, 5) is 32.1. The molecule has 0 saturated heterocycles. The van der Waals surface area contributed by atoms with Crippen LogP contribution in [0.1, 0.15) is 24.6 Å². The lowest BCUT2D eigenvalue weighted by molar-refractivity contribution is -0.119. The number of aromatic nitrogens is 2. The van der Waals surface area contributed by atoms with Crippen molar-refractivity contribution in [1.82, 2.24) is 15.3 Å². The molecule has 1 amide bonds. The third kappa shape index (κ3) is 4.06. The van der Waals surface area contributed by atoms with Crippen LogP contribution in [0.2, 0.25) is 0 Å². The van der Waals surface area contributed by atoms with E-state index in [2.05, 4.69) is 15.3 Å². The van der Waals surface area contributed by atoms with Crippen molar-refractivity contribution in [2.24, 2.45) is 0 Å². The van der Waals surface area contributed by atoms with E-state index < -0.39 is 0 Å². The number of methoxy groups -OCH3 is 1. The Morgan fingerprint density at radius 1 is 1.60 bits per heavy atom. The number of ether oxygens (including phenoxy) is 1. The average Bonchev–Trinajstić information content (AvgIpc) is 3.22. The van der Waals surface area contributed by atoms with E-state index in [-0.39, 0.29) is 18.0 Å². The SMILES string of the molecule is COCCNC(=O)CN(C)c1cc(=O)[nH]c(C2CC2)n1. The van der Waals surface area contributed by atoms with Gasteiger partial charge in [0.1, 0.15) is 11.6 Å². The summed E-state index contributed by atoms with van der Waals surface area (Å²) in [6.07, 6.45) is 2.13. The van der Waals surface area contributed by atoms with Crippen molar-refractivity contribution in [2.75, 3.05) is 38.8 Å². The predicted octanol–water partition coefficient (Wildman–Crippen LogP) is -0.154. The number of aromatic amines is 1. The van der Waals surface area contributed by atoms with Crippen LogP contribution in [-0.4, -0.2) is 49.7 Å². The van der Waals surface area contributed by atoms with Gasteiger partial charge in [-0.05, 0) is 12.8 Å². The van der Waals surface area contributed by atoms with Gasteiger partial charge >= 0.3 is 0 Å². The molecule has 0 bridgehead atoms. The first-order chi connectivity index (χ1) is 9.60.